The minimum absolute atomic E-state index is 0.128. The maximum Gasteiger partial charge on any atom is 0.413 e. The van der Waals surface area contributed by atoms with Gasteiger partial charge in [0.15, 0.2) is 11.4 Å². The molecule has 0 radical (unpaired) electrons. The lowest BCUT2D eigenvalue weighted by atomic mass is 9.87. The highest BCUT2D eigenvalue weighted by atomic mass is 19.4. The summed E-state index contributed by atoms with van der Waals surface area (Å²) in [6.45, 7) is 5.05. The highest BCUT2D eigenvalue weighted by Gasteiger charge is 2.61. The number of hydrogen-bond donors (Lipinski definition) is 1. The van der Waals surface area contributed by atoms with Crippen LogP contribution in [0, 0.1) is 5.41 Å². The third-order valence-electron chi connectivity index (χ3n) is 5.51. The van der Waals surface area contributed by atoms with Gasteiger partial charge < -0.3 is 14.2 Å². The summed E-state index contributed by atoms with van der Waals surface area (Å²) in [6, 6.07) is -0.791. The molecule has 0 saturated carbocycles. The Labute approximate surface area is 148 Å². The number of alkyl halides is 3. The summed E-state index contributed by atoms with van der Waals surface area (Å²) in [6.07, 6.45) is -3.57. The fourth-order valence-electron chi connectivity index (χ4n) is 3.79. The highest BCUT2D eigenvalue weighted by Crippen LogP contribution is 2.47. The molecule has 5 heterocycles. The van der Waals surface area contributed by atoms with E-state index in [-0.39, 0.29) is 24.2 Å². The molecule has 2 bridgehead atoms. The lowest BCUT2D eigenvalue weighted by molar-refractivity contribution is -0.479. The minimum atomic E-state index is -4.54. The van der Waals surface area contributed by atoms with Gasteiger partial charge in [0, 0.05) is 5.41 Å². The highest BCUT2D eigenvalue weighted by molar-refractivity contribution is 5.12. The summed E-state index contributed by atoms with van der Waals surface area (Å²) in [4.78, 5) is 0. The summed E-state index contributed by atoms with van der Waals surface area (Å²) in [5.74, 6) is -1.77. The number of fused-ring (bicyclic) bond motifs is 3. The molecule has 4 aliphatic heterocycles. The predicted molar refractivity (Wildman–Crippen MR) is 80.8 cm³/mol. The molecule has 1 N–H and O–H groups in total. The van der Waals surface area contributed by atoms with E-state index in [9.17, 15) is 13.2 Å². The molecule has 2 atom stereocenters. The zero-order valence-electron chi connectivity index (χ0n) is 14.7. The quantitative estimate of drug-likeness (QED) is 0.855. The van der Waals surface area contributed by atoms with Crippen molar-refractivity contribution in [3.8, 4) is 0 Å². The number of nitrogens with one attached hydrogen (secondary N) is 1. The van der Waals surface area contributed by atoms with E-state index in [1.165, 1.54) is 0 Å². The topological polar surface area (TPSA) is 83.3 Å². The van der Waals surface area contributed by atoms with E-state index in [1.54, 1.807) is 6.92 Å². The summed E-state index contributed by atoms with van der Waals surface area (Å²) >= 11 is 0. The standard InChI is InChI=1S/C15H22F3N5O3/c1-10(14-24-7-12(2,8-25-14)9-26-14)23-11(20-21-22-23)13(15(16,17)18)5-3-4-6-19-13/h10,19H,3-9H2,1-2H3/t10-,12?,13?,14?/m0/s1. The van der Waals surface area contributed by atoms with Crippen molar-refractivity contribution in [1.29, 1.82) is 0 Å². The van der Waals surface area contributed by atoms with Crippen LogP contribution in [0.4, 0.5) is 13.2 Å². The molecule has 11 heteroatoms. The summed E-state index contributed by atoms with van der Waals surface area (Å²) < 4.78 is 60.4. The van der Waals surface area contributed by atoms with Crippen molar-refractivity contribution in [1.82, 2.24) is 25.5 Å². The smallest absolute Gasteiger partial charge is 0.325 e. The van der Waals surface area contributed by atoms with Crippen molar-refractivity contribution in [2.24, 2.45) is 5.41 Å². The maximum absolute atomic E-state index is 14.0. The number of piperidine rings is 1. The number of halogens is 3. The third kappa shape index (κ3) is 2.55. The van der Waals surface area contributed by atoms with E-state index < -0.39 is 23.7 Å². The normalized spacial score (nSPS) is 39.1. The van der Waals surface area contributed by atoms with Gasteiger partial charge in [-0.3, -0.25) is 5.32 Å². The first-order chi connectivity index (χ1) is 12.2. The Bertz CT molecular complexity index is 649. The molecule has 1 unspecified atom stereocenters. The van der Waals surface area contributed by atoms with Gasteiger partial charge in [-0.15, -0.1) is 5.10 Å². The van der Waals surface area contributed by atoms with Gasteiger partial charge in [0.2, 0.25) is 0 Å². The lowest BCUT2D eigenvalue weighted by Gasteiger charge is -2.52. The van der Waals surface area contributed by atoms with Crippen LogP contribution in [0.5, 0.6) is 0 Å². The average molecular weight is 377 g/mol. The molecule has 0 amide bonds. The van der Waals surface area contributed by atoms with E-state index in [2.05, 4.69) is 20.8 Å². The monoisotopic (exact) mass is 377 g/mol. The Hall–Kier alpha value is -1.30. The zero-order valence-corrected chi connectivity index (χ0v) is 14.7. The fraction of sp³-hybridized carbons (Fsp3) is 0.933. The van der Waals surface area contributed by atoms with Crippen LogP contribution in [0.25, 0.3) is 0 Å². The van der Waals surface area contributed by atoms with Crippen LogP contribution >= 0.6 is 0 Å². The number of rotatable bonds is 3. The van der Waals surface area contributed by atoms with Gasteiger partial charge in [-0.2, -0.15) is 13.2 Å². The number of nitrogens with zero attached hydrogens (tertiary/aromatic N) is 4. The molecule has 4 aliphatic rings. The third-order valence-corrected chi connectivity index (χ3v) is 5.51. The first-order valence-electron chi connectivity index (χ1n) is 8.73. The van der Waals surface area contributed by atoms with Gasteiger partial charge in [0.05, 0.1) is 19.8 Å². The summed E-state index contributed by atoms with van der Waals surface area (Å²) in [5, 5.41) is 13.7. The maximum atomic E-state index is 14.0. The average Bonchev–Trinajstić information content (AvgIpc) is 3.12. The van der Waals surface area contributed by atoms with E-state index in [1.807, 2.05) is 6.92 Å². The molecule has 4 fully saturated rings. The van der Waals surface area contributed by atoms with E-state index in [4.69, 9.17) is 14.2 Å². The first-order valence-corrected chi connectivity index (χ1v) is 8.73. The van der Waals surface area contributed by atoms with E-state index in [0.29, 0.717) is 32.7 Å². The van der Waals surface area contributed by atoms with Crippen LogP contribution in [0.2, 0.25) is 0 Å². The van der Waals surface area contributed by atoms with Crippen LogP contribution in [0.3, 0.4) is 0 Å². The number of aromatic nitrogens is 4. The van der Waals surface area contributed by atoms with Gasteiger partial charge in [0.25, 0.3) is 0 Å². The second-order valence-electron chi connectivity index (χ2n) is 7.69. The Kier molecular flexibility index (Phi) is 4.07. The molecule has 0 aromatic carbocycles. The SMILES string of the molecule is C[C@H](n1nnnc1C1(C(F)(F)F)CCCCN1)C12OCC(C)(CO1)CO2. The molecule has 4 saturated heterocycles. The Morgan fingerprint density at radius 1 is 1.15 bits per heavy atom. The van der Waals surface area contributed by atoms with Gasteiger partial charge in [-0.05, 0) is 43.2 Å². The largest absolute Gasteiger partial charge is 0.413 e. The molecule has 0 aliphatic carbocycles. The van der Waals surface area contributed by atoms with Crippen molar-refractivity contribution in [3.05, 3.63) is 5.82 Å². The van der Waals surface area contributed by atoms with Gasteiger partial charge in [-0.25, -0.2) is 4.68 Å². The first kappa shape index (κ1) is 18.1. The Morgan fingerprint density at radius 3 is 2.35 bits per heavy atom. The lowest BCUT2D eigenvalue weighted by Crippen LogP contribution is -2.63. The van der Waals surface area contributed by atoms with Crippen molar-refractivity contribution in [2.45, 2.75) is 56.8 Å². The van der Waals surface area contributed by atoms with Crippen molar-refractivity contribution < 1.29 is 27.4 Å². The van der Waals surface area contributed by atoms with Gasteiger partial charge in [-0.1, -0.05) is 6.92 Å². The molecular formula is C15H22F3N5O3. The molecule has 0 spiro atoms. The van der Waals surface area contributed by atoms with E-state index in [0.717, 1.165) is 4.68 Å². The van der Waals surface area contributed by atoms with Crippen LogP contribution in [0.1, 0.15) is 45.0 Å². The van der Waals surface area contributed by atoms with Crippen molar-refractivity contribution in [3.63, 3.8) is 0 Å². The second-order valence-corrected chi connectivity index (χ2v) is 7.69. The Morgan fingerprint density at radius 2 is 1.81 bits per heavy atom. The van der Waals surface area contributed by atoms with Crippen LogP contribution < -0.4 is 5.32 Å². The fourth-order valence-corrected chi connectivity index (χ4v) is 3.79. The summed E-state index contributed by atoms with van der Waals surface area (Å²) in [5.41, 5.74) is -2.54. The van der Waals surface area contributed by atoms with Crippen molar-refractivity contribution >= 4 is 0 Å². The van der Waals surface area contributed by atoms with Crippen LogP contribution in [-0.4, -0.2) is 58.7 Å². The zero-order chi connectivity index (χ0) is 18.6. The molecule has 5 rings (SSSR count). The second kappa shape index (κ2) is 5.85. The predicted octanol–water partition coefficient (Wildman–Crippen LogP) is 1.50. The molecule has 146 valence electrons. The molecule has 26 heavy (non-hydrogen) atoms. The summed E-state index contributed by atoms with van der Waals surface area (Å²) in [7, 11) is 0. The number of hydrogen-bond acceptors (Lipinski definition) is 7. The van der Waals surface area contributed by atoms with Gasteiger partial charge in [0.1, 0.15) is 6.04 Å². The molecule has 1 aromatic heterocycles. The molecule has 8 nitrogen and oxygen atoms in total. The van der Waals surface area contributed by atoms with E-state index >= 15 is 0 Å². The Balaban J connectivity index is 1.70. The van der Waals surface area contributed by atoms with Gasteiger partial charge >= 0.3 is 12.1 Å². The van der Waals surface area contributed by atoms with Crippen LogP contribution in [0.15, 0.2) is 0 Å². The minimum Gasteiger partial charge on any atom is -0.325 e. The van der Waals surface area contributed by atoms with Crippen molar-refractivity contribution in [2.75, 3.05) is 26.4 Å². The number of ether oxygens (including phenoxy) is 3. The van der Waals surface area contributed by atoms with Crippen LogP contribution in [-0.2, 0) is 19.7 Å². The number of tetrazole rings is 1. The molecule has 1 aromatic rings. The molecular weight excluding hydrogens is 355 g/mol.